The molecule has 1 saturated heterocycles. The van der Waals surface area contributed by atoms with Gasteiger partial charge in [0.2, 0.25) is 0 Å². The van der Waals surface area contributed by atoms with Gasteiger partial charge >= 0.3 is 23.9 Å². The van der Waals surface area contributed by atoms with Crippen LogP contribution in [0.2, 0.25) is 0 Å². The van der Waals surface area contributed by atoms with Crippen molar-refractivity contribution in [2.45, 2.75) is 115 Å². The molecule has 1 aliphatic heterocycles. The minimum atomic E-state index is -2.36. The molecule has 1 unspecified atom stereocenters. The average Bonchev–Trinajstić information content (AvgIpc) is 3.15. The van der Waals surface area contributed by atoms with Crippen molar-refractivity contribution in [1.82, 2.24) is 5.32 Å². The molecule has 2 bridgehead atoms. The molecule has 57 heavy (non-hydrogen) atoms. The fourth-order valence-electron chi connectivity index (χ4n) is 9.39. The maximum Gasteiger partial charge on any atom is 0.338 e. The number of rotatable bonds is 9. The van der Waals surface area contributed by atoms with Crippen molar-refractivity contribution in [3.05, 3.63) is 82.9 Å². The summed E-state index contributed by atoms with van der Waals surface area (Å²) in [6, 6.07) is 14.8. The van der Waals surface area contributed by atoms with Crippen LogP contribution in [0.5, 0.6) is 0 Å². The third-order valence-corrected chi connectivity index (χ3v) is 12.6. The van der Waals surface area contributed by atoms with Gasteiger partial charge in [-0.2, -0.15) is 0 Å². The number of ether oxygens (including phenoxy) is 5. The molecular formula is C42H49NO14. The van der Waals surface area contributed by atoms with Crippen molar-refractivity contribution in [2.75, 3.05) is 6.61 Å². The highest BCUT2D eigenvalue weighted by Gasteiger charge is 2.78. The number of amides is 1. The molecule has 0 radical (unpaired) electrons. The zero-order valence-corrected chi connectivity index (χ0v) is 32.8. The van der Waals surface area contributed by atoms with E-state index >= 15 is 4.79 Å². The summed E-state index contributed by atoms with van der Waals surface area (Å²) in [6.45, 7) is 9.36. The highest BCUT2D eigenvalue weighted by atomic mass is 16.6. The molecule has 2 aromatic carbocycles. The van der Waals surface area contributed by atoms with E-state index in [4.69, 9.17) is 23.7 Å². The van der Waals surface area contributed by atoms with Crippen molar-refractivity contribution in [3.8, 4) is 0 Å². The van der Waals surface area contributed by atoms with Crippen LogP contribution >= 0.6 is 0 Å². The summed E-state index contributed by atoms with van der Waals surface area (Å²) in [5, 5.41) is 39.2. The normalized spacial score (nSPS) is 33.7. The molecule has 1 heterocycles. The third-order valence-electron chi connectivity index (χ3n) is 12.6. The SMILES string of the molecule is CC(=O)O[C@H]1C(=O)[C@@]2(C)[C@H]([C@H](OC(=O)c3ccccc3)C3(O)C[C@H](OC(=O)[C@H](O)[C@H](C)NC(=O)c4ccccc4)C(C)=C1C3(C)C)[C@]1(OC(C)=O)CO[C@@H]1C[C@@H]2O. The third kappa shape index (κ3) is 6.83. The van der Waals surface area contributed by atoms with Crippen LogP contribution in [0.1, 0.15) is 82.0 Å². The van der Waals surface area contributed by atoms with Gasteiger partial charge in [-0.3, -0.25) is 19.2 Å². The van der Waals surface area contributed by atoms with Gasteiger partial charge in [0.1, 0.15) is 23.9 Å². The van der Waals surface area contributed by atoms with Gasteiger partial charge in [0.25, 0.3) is 5.91 Å². The van der Waals surface area contributed by atoms with Crippen molar-refractivity contribution in [1.29, 1.82) is 0 Å². The van der Waals surface area contributed by atoms with E-state index in [0.717, 1.165) is 13.8 Å². The Bertz CT molecular complexity index is 1980. The van der Waals surface area contributed by atoms with Crippen molar-refractivity contribution in [2.24, 2.45) is 16.7 Å². The number of aliphatic hydroxyl groups is 3. The second-order valence-electron chi connectivity index (χ2n) is 16.3. The van der Waals surface area contributed by atoms with Crippen molar-refractivity contribution >= 4 is 35.6 Å². The molecule has 0 aromatic heterocycles. The summed E-state index contributed by atoms with van der Waals surface area (Å²) in [6.07, 6.45) is -10.2. The standard InChI is InChI=1S/C42H49NO14/c1-21-27(55-38(51)31(47)22(2)43-36(49)25-14-10-8-11-15-25)19-42(52)35(56-37(50)26-16-12-9-13-17-26)33-40(7,28(46)18-29-41(33,20-53-29)57-24(4)45)34(48)32(54-23(3)44)30(21)39(42,5)6/h8-17,22,27-29,31-33,35,46-47,52H,18-20H2,1-7H3,(H,43,49)/t22-,27-,28-,29+,31+,32+,33-,35-,40+,41-,42?/m0/s1. The summed E-state index contributed by atoms with van der Waals surface area (Å²) in [7, 11) is 0. The van der Waals surface area contributed by atoms with Crippen molar-refractivity contribution < 1.29 is 67.8 Å². The van der Waals surface area contributed by atoms with E-state index in [1.807, 2.05) is 0 Å². The van der Waals surface area contributed by atoms with Crippen LogP contribution in [0.3, 0.4) is 0 Å². The minimum absolute atomic E-state index is 0.00956. The zero-order chi connectivity index (χ0) is 41.8. The van der Waals surface area contributed by atoms with Crippen LogP contribution < -0.4 is 5.32 Å². The molecule has 4 N–H and O–H groups in total. The minimum Gasteiger partial charge on any atom is -0.456 e. The summed E-state index contributed by atoms with van der Waals surface area (Å²) >= 11 is 0. The highest BCUT2D eigenvalue weighted by molar-refractivity contribution is 5.96. The van der Waals surface area contributed by atoms with E-state index in [1.54, 1.807) is 62.4 Å². The molecule has 3 aliphatic carbocycles. The summed E-state index contributed by atoms with van der Waals surface area (Å²) in [5.74, 6) is -6.73. The molecule has 15 heteroatoms. The first-order chi connectivity index (χ1) is 26.7. The van der Waals surface area contributed by atoms with E-state index in [0.29, 0.717) is 0 Å². The van der Waals surface area contributed by atoms with Gasteiger partial charge in [0, 0.05) is 37.7 Å². The lowest BCUT2D eigenvalue weighted by atomic mass is 9.44. The molecule has 2 aromatic rings. The maximum absolute atomic E-state index is 15.3. The number of ketones is 1. The number of carbonyl (C=O) groups excluding carboxylic acids is 6. The summed E-state index contributed by atoms with van der Waals surface area (Å²) in [4.78, 5) is 81.8. The Morgan fingerprint density at radius 2 is 1.49 bits per heavy atom. The molecule has 0 spiro atoms. The topological polar surface area (TPSA) is 221 Å². The maximum atomic E-state index is 15.3. The van der Waals surface area contributed by atoms with Gasteiger partial charge in [-0.05, 0) is 56.2 Å². The largest absolute Gasteiger partial charge is 0.456 e. The first kappa shape index (κ1) is 41.7. The first-order valence-electron chi connectivity index (χ1n) is 18.9. The van der Waals surface area contributed by atoms with Gasteiger partial charge in [-0.15, -0.1) is 0 Å². The number of nitrogens with one attached hydrogen (secondary N) is 1. The first-order valence-corrected chi connectivity index (χ1v) is 18.9. The van der Waals surface area contributed by atoms with Gasteiger partial charge in [0.05, 0.1) is 35.6 Å². The van der Waals surface area contributed by atoms with Crippen LogP contribution in [0.25, 0.3) is 0 Å². The number of fused-ring (bicyclic) bond motifs is 5. The number of aliphatic hydroxyl groups excluding tert-OH is 2. The summed E-state index contributed by atoms with van der Waals surface area (Å²) < 4.78 is 29.9. The Hall–Kier alpha value is -4.96. The van der Waals surface area contributed by atoms with Gasteiger partial charge in [-0.25, -0.2) is 9.59 Å². The van der Waals surface area contributed by atoms with E-state index in [2.05, 4.69) is 5.32 Å². The monoisotopic (exact) mass is 791 g/mol. The van der Waals surface area contributed by atoms with Gasteiger partial charge in [-0.1, -0.05) is 50.2 Å². The van der Waals surface area contributed by atoms with E-state index in [9.17, 15) is 39.3 Å². The summed E-state index contributed by atoms with van der Waals surface area (Å²) in [5.41, 5.74) is -7.22. The quantitative estimate of drug-likeness (QED) is 0.163. The van der Waals surface area contributed by atoms with E-state index < -0.39 is 113 Å². The van der Waals surface area contributed by atoms with Crippen LogP contribution in [-0.4, -0.2) is 111 Å². The number of benzene rings is 2. The molecule has 2 saturated carbocycles. The molecule has 15 nitrogen and oxygen atoms in total. The molecule has 4 aliphatic rings. The Kier molecular flexibility index (Phi) is 11.0. The molecule has 306 valence electrons. The lowest BCUT2D eigenvalue weighted by molar-refractivity contribution is -0.346. The predicted molar refractivity (Wildman–Crippen MR) is 198 cm³/mol. The fraction of sp³-hybridized carbons (Fsp3) is 0.524. The smallest absolute Gasteiger partial charge is 0.338 e. The Balaban J connectivity index is 1.51. The Labute approximate surface area is 329 Å². The van der Waals surface area contributed by atoms with Crippen molar-refractivity contribution in [3.63, 3.8) is 0 Å². The number of hydrogen-bond acceptors (Lipinski definition) is 14. The van der Waals surface area contributed by atoms with Gasteiger partial charge < -0.3 is 44.3 Å². The van der Waals surface area contributed by atoms with E-state index in [-0.39, 0.29) is 35.3 Å². The fourth-order valence-corrected chi connectivity index (χ4v) is 9.39. The molecular weight excluding hydrogens is 742 g/mol. The van der Waals surface area contributed by atoms with Crippen LogP contribution in [0, 0.1) is 16.7 Å². The van der Waals surface area contributed by atoms with E-state index in [1.165, 1.54) is 32.9 Å². The highest BCUT2D eigenvalue weighted by Crippen LogP contribution is 2.64. The van der Waals surface area contributed by atoms with Gasteiger partial charge in [0.15, 0.2) is 23.6 Å². The lowest BCUT2D eigenvalue weighted by Gasteiger charge is -2.67. The molecule has 3 fully saturated rings. The zero-order valence-electron chi connectivity index (χ0n) is 32.8. The Morgan fingerprint density at radius 3 is 2.04 bits per heavy atom. The number of esters is 4. The molecule has 11 atom stereocenters. The molecule has 1 amide bonds. The number of carbonyl (C=O) groups is 6. The average molecular weight is 792 g/mol. The van der Waals surface area contributed by atoms with Crippen LogP contribution in [0.15, 0.2) is 71.8 Å². The predicted octanol–water partition coefficient (Wildman–Crippen LogP) is 2.38. The second-order valence-corrected chi connectivity index (χ2v) is 16.3. The lowest BCUT2D eigenvalue weighted by Crippen LogP contribution is -2.82. The van der Waals surface area contributed by atoms with Crippen LogP contribution in [-0.2, 0) is 42.9 Å². The number of Topliss-reactive ketones (excluding diaryl/α,β-unsaturated/α-hetero) is 1. The number of hydrogen-bond donors (Lipinski definition) is 4. The second kappa shape index (κ2) is 15.1. The van der Waals surface area contributed by atoms with Crippen LogP contribution in [0.4, 0.5) is 0 Å². The Morgan fingerprint density at radius 1 is 0.895 bits per heavy atom. The molecule has 6 rings (SSSR count).